The molecule has 3 rings (SSSR count). The smallest absolute Gasteiger partial charge is 0.271 e. The quantitative estimate of drug-likeness (QED) is 0.661. The monoisotopic (exact) mass is 386 g/mol. The molecule has 3 aromatic rings. The van der Waals surface area contributed by atoms with Gasteiger partial charge in [0.2, 0.25) is 0 Å². The molecule has 0 aliphatic carbocycles. The molecule has 0 radical (unpaired) electrons. The largest absolute Gasteiger partial charge is 0.322 e. The Kier molecular flexibility index (Phi) is 5.39. The summed E-state index contributed by atoms with van der Waals surface area (Å²) >= 11 is 1.15. The van der Waals surface area contributed by atoms with Crippen molar-refractivity contribution in [2.75, 3.05) is 10.0 Å². The normalized spacial score (nSPS) is 11.1. The van der Waals surface area contributed by atoms with Crippen LogP contribution in [0.4, 0.5) is 11.4 Å². The third-order valence-electron chi connectivity index (χ3n) is 3.75. The maximum absolute atomic E-state index is 12.3. The molecule has 2 N–H and O–H groups in total. The van der Waals surface area contributed by atoms with Crippen LogP contribution in [0.3, 0.4) is 0 Å². The number of anilines is 2. The number of rotatable bonds is 6. The lowest BCUT2D eigenvalue weighted by Gasteiger charge is -2.09. The summed E-state index contributed by atoms with van der Waals surface area (Å²) in [5.74, 6) is -0.245. The fraction of sp³-hybridized carbons (Fsp3) is 0.105. The molecule has 2 aromatic carbocycles. The Bertz CT molecular complexity index is 996. The standard InChI is InChI=1S/C19H18N2O3S2/c1-2-14-5-3-6-17(13-14)20-19(22)15-8-10-16(11-9-15)21-26(23,24)18-7-4-12-25-18/h3-13,21H,2H2,1H3,(H,20,22). The van der Waals surface area contributed by atoms with Gasteiger partial charge in [-0.25, -0.2) is 8.42 Å². The number of aryl methyl sites for hydroxylation is 1. The molecule has 0 saturated heterocycles. The van der Waals surface area contributed by atoms with E-state index in [0.29, 0.717) is 11.3 Å². The molecule has 7 heteroatoms. The van der Waals surface area contributed by atoms with Gasteiger partial charge in [-0.15, -0.1) is 11.3 Å². The van der Waals surface area contributed by atoms with Crippen LogP contribution in [0.2, 0.25) is 0 Å². The van der Waals surface area contributed by atoms with Crippen LogP contribution in [-0.2, 0) is 16.4 Å². The van der Waals surface area contributed by atoms with E-state index in [2.05, 4.69) is 17.0 Å². The second-order valence-corrected chi connectivity index (χ2v) is 8.48. The van der Waals surface area contributed by atoms with Crippen molar-refractivity contribution >= 4 is 38.6 Å². The van der Waals surface area contributed by atoms with Gasteiger partial charge in [0.15, 0.2) is 0 Å². The summed E-state index contributed by atoms with van der Waals surface area (Å²) in [6.07, 6.45) is 0.892. The van der Waals surface area contributed by atoms with E-state index in [9.17, 15) is 13.2 Å². The molecule has 26 heavy (non-hydrogen) atoms. The van der Waals surface area contributed by atoms with Crippen molar-refractivity contribution in [1.82, 2.24) is 0 Å². The highest BCUT2D eigenvalue weighted by atomic mass is 32.2. The van der Waals surface area contributed by atoms with Crippen LogP contribution in [0.25, 0.3) is 0 Å². The minimum Gasteiger partial charge on any atom is -0.322 e. The lowest BCUT2D eigenvalue weighted by molar-refractivity contribution is 0.102. The van der Waals surface area contributed by atoms with Gasteiger partial charge in [-0.05, 0) is 59.8 Å². The number of carbonyl (C=O) groups excluding carboxylic acids is 1. The fourth-order valence-electron chi connectivity index (χ4n) is 2.38. The van der Waals surface area contributed by atoms with Crippen LogP contribution in [0.15, 0.2) is 70.3 Å². The number of carbonyl (C=O) groups is 1. The van der Waals surface area contributed by atoms with Crippen LogP contribution in [0.5, 0.6) is 0 Å². The predicted molar refractivity (Wildman–Crippen MR) is 105 cm³/mol. The van der Waals surface area contributed by atoms with E-state index < -0.39 is 10.0 Å². The number of nitrogens with one attached hydrogen (secondary N) is 2. The molecule has 0 atom stereocenters. The summed E-state index contributed by atoms with van der Waals surface area (Å²) < 4.78 is 27.2. The summed E-state index contributed by atoms with van der Waals surface area (Å²) in [5.41, 5.74) is 2.73. The third-order valence-corrected chi connectivity index (χ3v) is 6.53. The molecule has 0 fully saturated rings. The van der Waals surface area contributed by atoms with Crippen molar-refractivity contribution in [2.45, 2.75) is 17.6 Å². The van der Waals surface area contributed by atoms with E-state index >= 15 is 0 Å². The Labute approximate surface area is 156 Å². The van der Waals surface area contributed by atoms with Crippen molar-refractivity contribution in [3.05, 3.63) is 77.2 Å². The zero-order valence-corrected chi connectivity index (χ0v) is 15.7. The molecule has 0 unspecified atom stereocenters. The van der Waals surface area contributed by atoms with Crippen LogP contribution < -0.4 is 10.0 Å². The van der Waals surface area contributed by atoms with Crippen molar-refractivity contribution in [3.63, 3.8) is 0 Å². The van der Waals surface area contributed by atoms with E-state index in [1.807, 2.05) is 24.3 Å². The van der Waals surface area contributed by atoms with Gasteiger partial charge < -0.3 is 5.32 Å². The molecular formula is C19H18N2O3S2. The third kappa shape index (κ3) is 4.30. The van der Waals surface area contributed by atoms with Gasteiger partial charge in [0, 0.05) is 16.9 Å². The van der Waals surface area contributed by atoms with E-state index in [1.165, 1.54) is 0 Å². The lowest BCUT2D eigenvalue weighted by atomic mass is 10.1. The van der Waals surface area contributed by atoms with E-state index in [1.54, 1.807) is 41.8 Å². The molecule has 0 aliphatic heterocycles. The Morgan fingerprint density at radius 2 is 1.77 bits per heavy atom. The molecule has 134 valence electrons. The summed E-state index contributed by atoms with van der Waals surface area (Å²) in [5, 5.41) is 4.55. The fourth-order valence-corrected chi connectivity index (χ4v) is 4.44. The Morgan fingerprint density at radius 1 is 1.00 bits per heavy atom. The van der Waals surface area contributed by atoms with Crippen molar-refractivity contribution in [3.8, 4) is 0 Å². The molecule has 0 bridgehead atoms. The molecule has 0 spiro atoms. The van der Waals surface area contributed by atoms with Gasteiger partial charge >= 0.3 is 0 Å². The minimum atomic E-state index is -3.59. The molecule has 0 aliphatic rings. The number of thiophene rings is 1. The summed E-state index contributed by atoms with van der Waals surface area (Å²) in [4.78, 5) is 12.3. The Balaban J connectivity index is 1.70. The highest BCUT2D eigenvalue weighted by Crippen LogP contribution is 2.21. The highest BCUT2D eigenvalue weighted by Gasteiger charge is 2.15. The molecule has 1 amide bonds. The maximum Gasteiger partial charge on any atom is 0.271 e. The second kappa shape index (κ2) is 7.72. The van der Waals surface area contributed by atoms with Gasteiger partial charge in [0.25, 0.3) is 15.9 Å². The molecule has 1 heterocycles. The zero-order valence-electron chi connectivity index (χ0n) is 14.1. The van der Waals surface area contributed by atoms with Gasteiger partial charge in [0.1, 0.15) is 4.21 Å². The van der Waals surface area contributed by atoms with Crippen LogP contribution >= 0.6 is 11.3 Å². The maximum atomic E-state index is 12.3. The average molecular weight is 386 g/mol. The van der Waals surface area contributed by atoms with Crippen molar-refractivity contribution < 1.29 is 13.2 Å². The zero-order chi connectivity index (χ0) is 18.6. The van der Waals surface area contributed by atoms with Crippen molar-refractivity contribution in [1.29, 1.82) is 0 Å². The van der Waals surface area contributed by atoms with Crippen LogP contribution in [-0.4, -0.2) is 14.3 Å². The Morgan fingerprint density at radius 3 is 2.42 bits per heavy atom. The van der Waals surface area contributed by atoms with Gasteiger partial charge in [-0.2, -0.15) is 0 Å². The number of hydrogen-bond acceptors (Lipinski definition) is 4. The first-order chi connectivity index (χ1) is 12.5. The first kappa shape index (κ1) is 18.2. The molecule has 1 aromatic heterocycles. The molecule has 0 saturated carbocycles. The highest BCUT2D eigenvalue weighted by molar-refractivity contribution is 7.94. The topological polar surface area (TPSA) is 75.3 Å². The van der Waals surface area contributed by atoms with Gasteiger partial charge in [0.05, 0.1) is 0 Å². The lowest BCUT2D eigenvalue weighted by Crippen LogP contribution is -2.13. The predicted octanol–water partition coefficient (Wildman–Crippen LogP) is 4.36. The van der Waals surface area contributed by atoms with Crippen LogP contribution in [0, 0.1) is 0 Å². The van der Waals surface area contributed by atoms with E-state index in [0.717, 1.165) is 29.0 Å². The number of sulfonamides is 1. The van der Waals surface area contributed by atoms with Crippen LogP contribution in [0.1, 0.15) is 22.8 Å². The first-order valence-corrected chi connectivity index (χ1v) is 10.4. The number of hydrogen-bond donors (Lipinski definition) is 2. The van der Waals surface area contributed by atoms with Gasteiger partial charge in [-0.3, -0.25) is 9.52 Å². The van der Waals surface area contributed by atoms with Gasteiger partial charge in [-0.1, -0.05) is 25.1 Å². The second-order valence-electron chi connectivity index (χ2n) is 5.62. The summed E-state index contributed by atoms with van der Waals surface area (Å²) in [6.45, 7) is 2.05. The molecule has 5 nitrogen and oxygen atoms in total. The SMILES string of the molecule is CCc1cccc(NC(=O)c2ccc(NS(=O)(=O)c3cccs3)cc2)c1. The summed E-state index contributed by atoms with van der Waals surface area (Å²) in [6, 6.07) is 17.2. The first-order valence-electron chi connectivity index (χ1n) is 8.04. The van der Waals surface area contributed by atoms with Crippen molar-refractivity contribution in [2.24, 2.45) is 0 Å². The van der Waals surface area contributed by atoms with E-state index in [4.69, 9.17) is 0 Å². The summed E-state index contributed by atoms with van der Waals surface area (Å²) in [7, 11) is -3.59. The molecular weight excluding hydrogens is 368 g/mol. The average Bonchev–Trinajstić information content (AvgIpc) is 3.18. The minimum absolute atomic E-state index is 0.245. The van der Waals surface area contributed by atoms with E-state index in [-0.39, 0.29) is 10.1 Å². The number of benzene rings is 2. The number of amides is 1. The Hall–Kier alpha value is -2.64.